The van der Waals surface area contributed by atoms with Crippen LogP contribution in [0.4, 0.5) is 4.39 Å². The van der Waals surface area contributed by atoms with Gasteiger partial charge in [-0.15, -0.1) is 0 Å². The molecule has 2 aliphatic heterocycles. The Morgan fingerprint density at radius 1 is 1.15 bits per heavy atom. The minimum Gasteiger partial charge on any atom is -0.491 e. The molecule has 2 heterocycles. The highest BCUT2D eigenvalue weighted by Crippen LogP contribution is 2.46. The molecule has 1 amide bonds. The molecule has 2 aromatic rings. The van der Waals surface area contributed by atoms with Crippen molar-refractivity contribution in [3.05, 3.63) is 58.9 Å². The van der Waals surface area contributed by atoms with Crippen LogP contribution in [0.1, 0.15) is 74.5 Å². The maximum absolute atomic E-state index is 13.9. The molecule has 0 radical (unpaired) electrons. The highest BCUT2D eigenvalue weighted by atomic mass is 19.1. The van der Waals surface area contributed by atoms with Crippen molar-refractivity contribution in [2.75, 3.05) is 13.1 Å². The van der Waals surface area contributed by atoms with Crippen LogP contribution < -0.4 is 15.2 Å². The number of hydrogen-bond acceptors (Lipinski definition) is 5. The van der Waals surface area contributed by atoms with Crippen LogP contribution in [0.25, 0.3) is 0 Å². The van der Waals surface area contributed by atoms with Crippen LogP contribution in [-0.4, -0.2) is 41.7 Å². The number of amides is 1. The summed E-state index contributed by atoms with van der Waals surface area (Å²) < 4.78 is 32.3. The Morgan fingerprint density at radius 2 is 1.88 bits per heavy atom. The van der Waals surface area contributed by atoms with Gasteiger partial charge in [-0.05, 0) is 64.1 Å². The van der Waals surface area contributed by atoms with E-state index in [2.05, 4.69) is 0 Å². The van der Waals surface area contributed by atoms with Gasteiger partial charge in [-0.2, -0.15) is 0 Å². The van der Waals surface area contributed by atoms with E-state index in [1.165, 1.54) is 12.1 Å². The van der Waals surface area contributed by atoms with Gasteiger partial charge in [-0.3, -0.25) is 4.79 Å². The number of piperidine rings is 1. The molecule has 1 saturated heterocycles. The van der Waals surface area contributed by atoms with Crippen molar-refractivity contribution in [1.82, 2.24) is 4.90 Å². The zero-order valence-electron chi connectivity index (χ0n) is 20.5. The lowest BCUT2D eigenvalue weighted by Gasteiger charge is -2.47. The quantitative estimate of drug-likeness (QED) is 0.644. The summed E-state index contributed by atoms with van der Waals surface area (Å²) in [5.74, 6) is 1.08. The minimum absolute atomic E-state index is 0.0114. The number of carbonyl (C=O) groups excluding carboxylic acids is 1. The van der Waals surface area contributed by atoms with E-state index in [0.29, 0.717) is 56.0 Å². The second kappa shape index (κ2) is 9.92. The molecule has 0 unspecified atom stereocenters. The van der Waals surface area contributed by atoms with Crippen LogP contribution in [-0.2, 0) is 11.3 Å². The summed E-state index contributed by atoms with van der Waals surface area (Å²) in [7, 11) is 0. The van der Waals surface area contributed by atoms with Crippen molar-refractivity contribution in [2.45, 2.75) is 77.4 Å². The molecule has 0 saturated carbocycles. The lowest BCUT2D eigenvalue weighted by molar-refractivity contribution is -0.0873. The van der Waals surface area contributed by atoms with E-state index in [9.17, 15) is 9.18 Å². The summed E-state index contributed by atoms with van der Waals surface area (Å²) >= 11 is 0. The molecule has 6 nitrogen and oxygen atoms in total. The standard InChI is InChI=1S/C27H35FN2O4/c1-17(2)32-23-7-5-19(13-20(23)16-29)26(31)30-11-9-27(10-12-30)15-25(33-18(3)4)22-14-21(28)6-8-24(22)34-27/h5-8,13-14,17-18,25H,9-12,15-16,29H2,1-4H3/t25-/m1/s1. The summed E-state index contributed by atoms with van der Waals surface area (Å²) in [4.78, 5) is 15.1. The largest absolute Gasteiger partial charge is 0.491 e. The Balaban J connectivity index is 1.48. The molecule has 2 N–H and O–H groups in total. The summed E-state index contributed by atoms with van der Waals surface area (Å²) in [6, 6.07) is 10.1. The second-order valence-corrected chi connectivity index (χ2v) is 9.83. The topological polar surface area (TPSA) is 74.0 Å². The van der Waals surface area contributed by atoms with Gasteiger partial charge in [-0.25, -0.2) is 4.39 Å². The third-order valence-corrected chi connectivity index (χ3v) is 6.49. The number of nitrogens with two attached hydrogens (primary N) is 1. The molecule has 184 valence electrons. The molecule has 0 aromatic heterocycles. The summed E-state index contributed by atoms with van der Waals surface area (Å²) in [6.45, 7) is 9.34. The van der Waals surface area contributed by atoms with Crippen molar-refractivity contribution in [3.63, 3.8) is 0 Å². The lowest BCUT2D eigenvalue weighted by Crippen LogP contribution is -2.52. The molecule has 34 heavy (non-hydrogen) atoms. The fraction of sp³-hybridized carbons (Fsp3) is 0.519. The first kappa shape index (κ1) is 24.5. The summed E-state index contributed by atoms with van der Waals surface area (Å²) in [5.41, 5.74) is 7.66. The fourth-order valence-electron chi connectivity index (χ4n) is 4.88. The zero-order chi connectivity index (χ0) is 24.5. The number of ether oxygens (including phenoxy) is 3. The van der Waals surface area contributed by atoms with E-state index in [-0.39, 0.29) is 30.0 Å². The van der Waals surface area contributed by atoms with Gasteiger partial charge in [0, 0.05) is 55.6 Å². The predicted molar refractivity (Wildman–Crippen MR) is 129 cm³/mol. The number of nitrogens with zero attached hydrogens (tertiary/aromatic N) is 1. The normalized spacial score (nSPS) is 19.3. The third-order valence-electron chi connectivity index (χ3n) is 6.49. The van der Waals surface area contributed by atoms with Crippen LogP contribution in [0.5, 0.6) is 11.5 Å². The van der Waals surface area contributed by atoms with Crippen LogP contribution in [0.3, 0.4) is 0 Å². The van der Waals surface area contributed by atoms with Crippen LogP contribution in [0.15, 0.2) is 36.4 Å². The molecular formula is C27H35FN2O4. The fourth-order valence-corrected chi connectivity index (χ4v) is 4.88. The van der Waals surface area contributed by atoms with Gasteiger partial charge < -0.3 is 24.8 Å². The monoisotopic (exact) mass is 470 g/mol. The zero-order valence-corrected chi connectivity index (χ0v) is 20.5. The first-order chi connectivity index (χ1) is 16.2. The molecule has 1 atom stereocenters. The van der Waals surface area contributed by atoms with E-state index in [0.717, 1.165) is 11.1 Å². The Hall–Kier alpha value is -2.64. The molecule has 1 fully saturated rings. The average molecular weight is 471 g/mol. The average Bonchev–Trinajstić information content (AvgIpc) is 2.79. The minimum atomic E-state index is -0.432. The summed E-state index contributed by atoms with van der Waals surface area (Å²) in [6.07, 6.45) is 1.82. The molecule has 4 rings (SSSR count). The van der Waals surface area contributed by atoms with Gasteiger partial charge in [0.25, 0.3) is 5.91 Å². The molecule has 0 bridgehead atoms. The maximum atomic E-state index is 13.9. The first-order valence-electron chi connectivity index (χ1n) is 12.1. The molecule has 1 spiro atoms. The van der Waals surface area contributed by atoms with E-state index >= 15 is 0 Å². The van der Waals surface area contributed by atoms with Gasteiger partial charge in [0.05, 0.1) is 18.3 Å². The number of halogens is 1. The SMILES string of the molecule is CC(C)Oc1ccc(C(=O)N2CCC3(CC2)C[C@@H](OC(C)C)c2cc(F)ccc2O3)cc1CN. The van der Waals surface area contributed by atoms with Crippen LogP contribution in [0, 0.1) is 5.82 Å². The number of likely N-dealkylation sites (tertiary alicyclic amines) is 1. The van der Waals surface area contributed by atoms with Crippen LogP contribution >= 0.6 is 0 Å². The number of benzene rings is 2. The maximum Gasteiger partial charge on any atom is 0.253 e. The smallest absolute Gasteiger partial charge is 0.253 e. The van der Waals surface area contributed by atoms with Gasteiger partial charge in [-0.1, -0.05) is 0 Å². The van der Waals surface area contributed by atoms with Gasteiger partial charge in [0.2, 0.25) is 0 Å². The highest BCUT2D eigenvalue weighted by molar-refractivity contribution is 5.94. The summed E-state index contributed by atoms with van der Waals surface area (Å²) in [5, 5.41) is 0. The Morgan fingerprint density at radius 3 is 2.53 bits per heavy atom. The second-order valence-electron chi connectivity index (χ2n) is 9.83. The number of hydrogen-bond donors (Lipinski definition) is 1. The van der Waals surface area contributed by atoms with E-state index < -0.39 is 5.60 Å². The predicted octanol–water partition coefficient (Wildman–Crippen LogP) is 5.00. The molecule has 2 aromatic carbocycles. The van der Waals surface area contributed by atoms with Crippen molar-refractivity contribution < 1.29 is 23.4 Å². The van der Waals surface area contributed by atoms with E-state index in [1.807, 2.05) is 44.7 Å². The number of carbonyl (C=O) groups is 1. The molecular weight excluding hydrogens is 435 g/mol. The van der Waals surface area contributed by atoms with Gasteiger partial charge in [0.1, 0.15) is 22.9 Å². The Kier molecular flexibility index (Phi) is 7.14. The van der Waals surface area contributed by atoms with Gasteiger partial charge >= 0.3 is 0 Å². The number of fused-ring (bicyclic) bond motifs is 1. The van der Waals surface area contributed by atoms with Crippen molar-refractivity contribution in [1.29, 1.82) is 0 Å². The van der Waals surface area contributed by atoms with Crippen molar-refractivity contribution in [3.8, 4) is 11.5 Å². The highest BCUT2D eigenvalue weighted by Gasteiger charge is 2.45. The van der Waals surface area contributed by atoms with E-state index in [4.69, 9.17) is 19.9 Å². The van der Waals surface area contributed by atoms with Crippen molar-refractivity contribution >= 4 is 5.91 Å². The van der Waals surface area contributed by atoms with Crippen LogP contribution in [0.2, 0.25) is 0 Å². The van der Waals surface area contributed by atoms with E-state index in [1.54, 1.807) is 12.1 Å². The molecule has 0 aliphatic carbocycles. The van der Waals surface area contributed by atoms with Crippen molar-refractivity contribution in [2.24, 2.45) is 5.73 Å². The molecule has 2 aliphatic rings. The lowest BCUT2D eigenvalue weighted by atomic mass is 9.81. The third kappa shape index (κ3) is 5.20. The molecule has 7 heteroatoms. The Labute approximate surface area is 201 Å². The number of rotatable bonds is 6. The van der Waals surface area contributed by atoms with Gasteiger partial charge in [0.15, 0.2) is 0 Å². The Bertz CT molecular complexity index is 1030. The first-order valence-corrected chi connectivity index (χ1v) is 12.1.